The molecule has 0 aliphatic rings. The molecule has 2 rings (SSSR count). The Morgan fingerprint density at radius 1 is 1.22 bits per heavy atom. The third kappa shape index (κ3) is 2.40. The second-order valence-electron chi connectivity index (χ2n) is 4.30. The molecule has 0 N–H and O–H groups in total. The summed E-state index contributed by atoms with van der Waals surface area (Å²) in [6.45, 7) is 3.87. The number of carbonyl (C=O) groups excluding carboxylic acids is 1. The van der Waals surface area contributed by atoms with Crippen LogP contribution in [0.1, 0.15) is 36.3 Å². The lowest BCUT2D eigenvalue weighted by Gasteiger charge is -2.14. The summed E-state index contributed by atoms with van der Waals surface area (Å²) < 4.78 is 5.34. The quantitative estimate of drug-likeness (QED) is 0.833. The molecule has 1 aromatic carbocycles. The number of benzene rings is 1. The molecule has 1 aromatic heterocycles. The first-order chi connectivity index (χ1) is 8.59. The molecule has 5 heteroatoms. The maximum atomic E-state index is 12.1. The Bertz CT molecular complexity index is 534. The van der Waals surface area contributed by atoms with Gasteiger partial charge in [-0.1, -0.05) is 32.0 Å². The summed E-state index contributed by atoms with van der Waals surface area (Å²) in [5, 5.41) is 7.62. The van der Waals surface area contributed by atoms with E-state index in [4.69, 9.17) is 4.42 Å². The van der Waals surface area contributed by atoms with Gasteiger partial charge in [-0.3, -0.25) is 4.79 Å². The van der Waals surface area contributed by atoms with E-state index in [9.17, 15) is 4.79 Å². The van der Waals surface area contributed by atoms with E-state index in [1.807, 2.05) is 44.2 Å². The number of rotatable bonds is 3. The first kappa shape index (κ1) is 12.3. The molecule has 1 amide bonds. The molecule has 0 saturated heterocycles. The number of hydrogen-bond donors (Lipinski definition) is 0. The number of hydrogen-bond acceptors (Lipinski definition) is 4. The fourth-order valence-corrected chi connectivity index (χ4v) is 1.47. The highest BCUT2D eigenvalue weighted by molar-refractivity contribution is 6.02. The number of anilines is 1. The molecule has 5 nitrogen and oxygen atoms in total. The van der Waals surface area contributed by atoms with Gasteiger partial charge in [-0.05, 0) is 12.1 Å². The van der Waals surface area contributed by atoms with Gasteiger partial charge >= 0.3 is 11.8 Å². The van der Waals surface area contributed by atoms with Gasteiger partial charge in [0.25, 0.3) is 0 Å². The molecule has 18 heavy (non-hydrogen) atoms. The van der Waals surface area contributed by atoms with Gasteiger partial charge in [0.15, 0.2) is 0 Å². The zero-order valence-corrected chi connectivity index (χ0v) is 10.6. The van der Waals surface area contributed by atoms with E-state index in [0.29, 0.717) is 5.89 Å². The molecule has 0 radical (unpaired) electrons. The van der Waals surface area contributed by atoms with Crippen molar-refractivity contribution in [1.82, 2.24) is 10.2 Å². The maximum absolute atomic E-state index is 12.1. The van der Waals surface area contributed by atoms with E-state index in [1.165, 1.54) is 4.90 Å². The highest BCUT2D eigenvalue weighted by atomic mass is 16.4. The van der Waals surface area contributed by atoms with Crippen LogP contribution in [0.25, 0.3) is 0 Å². The van der Waals surface area contributed by atoms with Crippen molar-refractivity contribution in [2.24, 2.45) is 0 Å². The van der Waals surface area contributed by atoms with Crippen molar-refractivity contribution in [1.29, 1.82) is 0 Å². The molecular weight excluding hydrogens is 230 g/mol. The minimum absolute atomic E-state index is 0.0186. The molecule has 1 heterocycles. The first-order valence-electron chi connectivity index (χ1n) is 5.76. The van der Waals surface area contributed by atoms with Crippen molar-refractivity contribution >= 4 is 11.6 Å². The summed E-state index contributed by atoms with van der Waals surface area (Å²) in [4.78, 5) is 13.6. The van der Waals surface area contributed by atoms with Crippen LogP contribution in [-0.2, 0) is 0 Å². The second kappa shape index (κ2) is 5.00. The predicted molar refractivity (Wildman–Crippen MR) is 67.6 cm³/mol. The lowest BCUT2D eigenvalue weighted by atomic mass is 10.2. The number of nitrogens with zero attached hydrogens (tertiary/aromatic N) is 3. The zero-order valence-electron chi connectivity index (χ0n) is 10.6. The van der Waals surface area contributed by atoms with E-state index >= 15 is 0 Å². The smallest absolute Gasteiger partial charge is 0.315 e. The predicted octanol–water partition coefficient (Wildman–Crippen LogP) is 2.47. The minimum atomic E-state index is -0.305. The Labute approximate surface area is 105 Å². The fourth-order valence-electron chi connectivity index (χ4n) is 1.47. The largest absolute Gasteiger partial charge is 0.417 e. The normalized spacial score (nSPS) is 10.7. The van der Waals surface area contributed by atoms with Gasteiger partial charge in [0.1, 0.15) is 0 Å². The molecule has 0 atom stereocenters. The average Bonchev–Trinajstić information content (AvgIpc) is 2.88. The van der Waals surface area contributed by atoms with Gasteiger partial charge in [-0.15, -0.1) is 10.2 Å². The van der Waals surface area contributed by atoms with Gasteiger partial charge in [-0.2, -0.15) is 0 Å². The highest BCUT2D eigenvalue weighted by Crippen LogP contribution is 2.16. The summed E-state index contributed by atoms with van der Waals surface area (Å²) in [6.07, 6.45) is 0. The number of carbonyl (C=O) groups is 1. The van der Waals surface area contributed by atoms with Crippen LogP contribution in [0.5, 0.6) is 0 Å². The highest BCUT2D eigenvalue weighted by Gasteiger charge is 2.21. The molecule has 0 saturated carbocycles. The van der Waals surface area contributed by atoms with Crippen molar-refractivity contribution in [3.8, 4) is 0 Å². The first-order valence-corrected chi connectivity index (χ1v) is 5.76. The molecule has 0 bridgehead atoms. The summed E-state index contributed by atoms with van der Waals surface area (Å²) in [6, 6.07) is 9.32. The van der Waals surface area contributed by atoms with Gasteiger partial charge in [-0.25, -0.2) is 0 Å². The van der Waals surface area contributed by atoms with Crippen molar-refractivity contribution in [2.75, 3.05) is 11.9 Å². The lowest BCUT2D eigenvalue weighted by Crippen LogP contribution is -2.26. The summed E-state index contributed by atoms with van der Waals surface area (Å²) in [5.41, 5.74) is 0.784. The Hall–Kier alpha value is -2.17. The molecule has 0 unspecified atom stereocenters. The van der Waals surface area contributed by atoms with Gasteiger partial charge in [0.2, 0.25) is 5.89 Å². The van der Waals surface area contributed by atoms with Gasteiger partial charge < -0.3 is 9.32 Å². The number of aromatic nitrogens is 2. The van der Waals surface area contributed by atoms with Crippen LogP contribution in [0.4, 0.5) is 5.69 Å². The van der Waals surface area contributed by atoms with Gasteiger partial charge in [0.05, 0.1) is 0 Å². The van der Waals surface area contributed by atoms with Crippen LogP contribution in [0.15, 0.2) is 34.7 Å². The van der Waals surface area contributed by atoms with E-state index in [-0.39, 0.29) is 17.7 Å². The zero-order chi connectivity index (χ0) is 13.1. The van der Waals surface area contributed by atoms with E-state index < -0.39 is 0 Å². The van der Waals surface area contributed by atoms with Crippen LogP contribution >= 0.6 is 0 Å². The summed E-state index contributed by atoms with van der Waals surface area (Å²) >= 11 is 0. The third-order valence-corrected chi connectivity index (χ3v) is 2.57. The average molecular weight is 245 g/mol. The Morgan fingerprint density at radius 2 is 1.89 bits per heavy atom. The Kier molecular flexibility index (Phi) is 3.41. The van der Waals surface area contributed by atoms with Crippen LogP contribution in [0, 0.1) is 0 Å². The molecule has 0 fully saturated rings. The van der Waals surface area contributed by atoms with Gasteiger partial charge in [0, 0.05) is 18.7 Å². The molecule has 0 aliphatic carbocycles. The topological polar surface area (TPSA) is 59.2 Å². The third-order valence-electron chi connectivity index (χ3n) is 2.57. The molecule has 2 aromatic rings. The number of para-hydroxylation sites is 1. The van der Waals surface area contributed by atoms with Crippen molar-refractivity contribution in [2.45, 2.75) is 19.8 Å². The maximum Gasteiger partial charge on any atom is 0.315 e. The fraction of sp³-hybridized carbons (Fsp3) is 0.308. The monoisotopic (exact) mass is 245 g/mol. The second-order valence-corrected chi connectivity index (χ2v) is 4.30. The molecule has 94 valence electrons. The van der Waals surface area contributed by atoms with E-state index in [2.05, 4.69) is 10.2 Å². The van der Waals surface area contributed by atoms with E-state index in [0.717, 1.165) is 5.69 Å². The van der Waals surface area contributed by atoms with Crippen LogP contribution in [0.2, 0.25) is 0 Å². The molecule has 0 spiro atoms. The lowest BCUT2D eigenvalue weighted by molar-refractivity contribution is 0.0957. The van der Waals surface area contributed by atoms with Crippen molar-refractivity contribution < 1.29 is 9.21 Å². The van der Waals surface area contributed by atoms with Crippen LogP contribution in [-0.4, -0.2) is 23.2 Å². The van der Waals surface area contributed by atoms with Crippen molar-refractivity contribution in [3.05, 3.63) is 42.1 Å². The summed E-state index contributed by atoms with van der Waals surface area (Å²) in [7, 11) is 1.68. The van der Waals surface area contributed by atoms with Crippen molar-refractivity contribution in [3.63, 3.8) is 0 Å². The SMILES string of the molecule is CC(C)c1nnc(C(=O)N(C)c2ccccc2)o1. The summed E-state index contributed by atoms with van der Waals surface area (Å²) in [5.74, 6) is 0.298. The standard InChI is InChI=1S/C13H15N3O2/c1-9(2)11-14-15-12(18-11)13(17)16(3)10-7-5-4-6-8-10/h4-9H,1-3H3. The van der Waals surface area contributed by atoms with Crippen LogP contribution < -0.4 is 4.90 Å². The Balaban J connectivity index is 2.20. The number of amides is 1. The molecule has 0 aliphatic heterocycles. The van der Waals surface area contributed by atoms with E-state index in [1.54, 1.807) is 7.05 Å². The minimum Gasteiger partial charge on any atom is -0.417 e. The van der Waals surface area contributed by atoms with Crippen LogP contribution in [0.3, 0.4) is 0 Å². The Morgan fingerprint density at radius 3 is 2.44 bits per heavy atom. The molecular formula is C13H15N3O2.